The smallest absolute Gasteiger partial charge is 0.329 e. The summed E-state index contributed by atoms with van der Waals surface area (Å²) in [4.78, 5) is 106. The number of amides is 7. The van der Waals surface area contributed by atoms with Gasteiger partial charge in [0, 0.05) is 19.4 Å². The van der Waals surface area contributed by atoms with Crippen molar-refractivity contribution < 1.29 is 58.4 Å². The van der Waals surface area contributed by atoms with Gasteiger partial charge in [0.15, 0.2) is 0 Å². The van der Waals surface area contributed by atoms with Crippen LogP contribution in [0.2, 0.25) is 0 Å². The molecule has 11 N–H and O–H groups in total. The summed E-state index contributed by atoms with van der Waals surface area (Å²) >= 11 is 0. The number of hydrogen-bond donors (Lipinski definition) is 10. The summed E-state index contributed by atoms with van der Waals surface area (Å²) in [5.74, 6) is -7.23. The molecular weight excluding hydrogens is 758 g/mol. The first-order valence-electron chi connectivity index (χ1n) is 19.1. The lowest BCUT2D eigenvalue weighted by molar-refractivity contribution is -0.157. The molecular formula is C39H53N7O12. The Kier molecular flexibility index (Phi) is 18.9. The topological polar surface area (TPSA) is 305 Å². The van der Waals surface area contributed by atoms with E-state index in [1.165, 1.54) is 24.3 Å². The zero-order valence-electron chi connectivity index (χ0n) is 32.2. The van der Waals surface area contributed by atoms with Gasteiger partial charge < -0.3 is 57.7 Å². The van der Waals surface area contributed by atoms with Gasteiger partial charge in [0.1, 0.15) is 42.1 Å². The third-order valence-corrected chi connectivity index (χ3v) is 9.17. The van der Waals surface area contributed by atoms with Crippen LogP contribution in [-0.4, -0.2) is 112 Å². The monoisotopic (exact) mass is 811 g/mol. The van der Waals surface area contributed by atoms with Gasteiger partial charge in [0.25, 0.3) is 0 Å². The average Bonchev–Trinajstić information content (AvgIpc) is 3.17. The predicted octanol–water partition coefficient (Wildman–Crippen LogP) is -0.587. The molecule has 1 heterocycles. The van der Waals surface area contributed by atoms with E-state index in [2.05, 4.69) is 31.9 Å². The van der Waals surface area contributed by atoms with Gasteiger partial charge >= 0.3 is 18.0 Å². The van der Waals surface area contributed by atoms with Crippen molar-refractivity contribution in [3.05, 3.63) is 65.7 Å². The van der Waals surface area contributed by atoms with Gasteiger partial charge in [-0.1, -0.05) is 62.2 Å². The molecule has 1 aliphatic rings. The minimum atomic E-state index is -1.78. The molecule has 6 atom stereocenters. The number of aliphatic hydroxyl groups excluding tert-OH is 1. The van der Waals surface area contributed by atoms with Crippen LogP contribution in [0.4, 0.5) is 4.79 Å². The van der Waals surface area contributed by atoms with Crippen LogP contribution in [0.5, 0.6) is 5.75 Å². The fourth-order valence-corrected chi connectivity index (χ4v) is 6.11. The van der Waals surface area contributed by atoms with Crippen molar-refractivity contribution in [1.82, 2.24) is 31.9 Å². The van der Waals surface area contributed by atoms with E-state index < -0.39 is 103 Å². The fraction of sp³-hybridized carbons (Fsp3) is 0.487. The molecule has 0 unspecified atom stereocenters. The number of esters is 1. The fourth-order valence-electron chi connectivity index (χ4n) is 6.11. The molecule has 7 amide bonds. The number of nitrogens with one attached hydrogen (secondary N) is 6. The maximum absolute atomic E-state index is 14.1. The predicted molar refractivity (Wildman–Crippen MR) is 206 cm³/mol. The lowest BCUT2D eigenvalue weighted by Gasteiger charge is -2.27. The largest absolute Gasteiger partial charge is 0.508 e. The molecule has 0 aliphatic carbocycles. The molecule has 0 aromatic heterocycles. The highest BCUT2D eigenvalue weighted by Crippen LogP contribution is 2.15. The standard InChI is InChI=1S/C39H53N7O12/c1-2-3-5-11-26-20-32(49)42-31(22-47)37(55)45-28(18-23-9-6-4-7-10-23)36(54)44-29(19-24-13-15-25(48)16-14-24)35(53)43-27(12-8-17-41-39(40)57)34(52)46-30(21-33(50)51)38(56)58-26/h4,6-7,9-10,13-16,26-31,47-48H,2-3,5,8,11-12,17-22H2,1H3,(H,42,49)(H,43,53)(H,44,54)(H,45,55)(H,46,52)(H,50,51)(H3,40,41,57)/t26-,27-,28+,29+,30+,31+/m1/s1. The number of nitrogens with two attached hydrogens (primary N) is 1. The number of phenolic OH excluding ortho intramolecular Hbond substituents is 1. The van der Waals surface area contributed by atoms with E-state index >= 15 is 0 Å². The van der Waals surface area contributed by atoms with Gasteiger partial charge in [-0.15, -0.1) is 0 Å². The summed E-state index contributed by atoms with van der Waals surface area (Å²) in [7, 11) is 0. The maximum Gasteiger partial charge on any atom is 0.329 e. The Labute approximate surface area is 335 Å². The van der Waals surface area contributed by atoms with Crippen molar-refractivity contribution in [2.75, 3.05) is 13.2 Å². The zero-order chi connectivity index (χ0) is 42.6. The van der Waals surface area contributed by atoms with Gasteiger partial charge in [-0.05, 0) is 48.9 Å². The Balaban J connectivity index is 2.11. The number of hydrogen-bond acceptors (Lipinski definition) is 11. The number of aliphatic carboxylic acids is 1. The number of carboxylic acid groups (broad SMARTS) is 1. The summed E-state index contributed by atoms with van der Waals surface area (Å²) in [5.41, 5.74) is 6.25. The highest BCUT2D eigenvalue weighted by molar-refractivity contribution is 5.97. The summed E-state index contributed by atoms with van der Waals surface area (Å²) < 4.78 is 5.60. The van der Waals surface area contributed by atoms with Crippen molar-refractivity contribution in [3.8, 4) is 5.75 Å². The second-order valence-corrected chi connectivity index (χ2v) is 13.9. The number of carbonyl (C=O) groups is 8. The van der Waals surface area contributed by atoms with Crippen LogP contribution < -0.4 is 37.6 Å². The van der Waals surface area contributed by atoms with Gasteiger partial charge in [0.2, 0.25) is 29.5 Å². The van der Waals surface area contributed by atoms with E-state index in [-0.39, 0.29) is 44.4 Å². The first kappa shape index (κ1) is 46.1. The molecule has 3 rings (SSSR count). The van der Waals surface area contributed by atoms with Crippen molar-refractivity contribution in [3.63, 3.8) is 0 Å². The third-order valence-electron chi connectivity index (χ3n) is 9.17. The molecule has 2 aromatic carbocycles. The molecule has 1 saturated heterocycles. The Bertz CT molecular complexity index is 1730. The van der Waals surface area contributed by atoms with Crippen molar-refractivity contribution in [2.24, 2.45) is 5.73 Å². The lowest BCUT2D eigenvalue weighted by Crippen LogP contribution is -2.60. The highest BCUT2D eigenvalue weighted by atomic mass is 16.5. The Morgan fingerprint density at radius 3 is 1.84 bits per heavy atom. The van der Waals surface area contributed by atoms with E-state index in [9.17, 15) is 53.7 Å². The molecule has 0 radical (unpaired) electrons. The van der Waals surface area contributed by atoms with E-state index in [1.54, 1.807) is 30.3 Å². The number of unbranched alkanes of at least 4 members (excludes halogenated alkanes) is 2. The normalized spacial score (nSPS) is 22.7. The van der Waals surface area contributed by atoms with Crippen molar-refractivity contribution in [2.45, 2.75) is 107 Å². The van der Waals surface area contributed by atoms with Gasteiger partial charge in [-0.2, -0.15) is 0 Å². The van der Waals surface area contributed by atoms with Gasteiger partial charge in [-0.25, -0.2) is 9.59 Å². The number of urea groups is 1. The summed E-state index contributed by atoms with van der Waals surface area (Å²) in [6.07, 6.45) is -0.823. The molecule has 0 bridgehead atoms. The highest BCUT2D eigenvalue weighted by Gasteiger charge is 2.35. The minimum absolute atomic E-state index is 0.0273. The van der Waals surface area contributed by atoms with Crippen LogP contribution in [0.3, 0.4) is 0 Å². The molecule has 2 aromatic rings. The van der Waals surface area contributed by atoms with Gasteiger partial charge in [-0.3, -0.25) is 28.8 Å². The molecule has 19 nitrogen and oxygen atoms in total. The Hall–Kier alpha value is -6.24. The van der Waals surface area contributed by atoms with Crippen LogP contribution in [0.25, 0.3) is 0 Å². The summed E-state index contributed by atoms with van der Waals surface area (Å²) in [6, 6.07) is 5.83. The van der Waals surface area contributed by atoms with E-state index in [1.807, 2.05) is 6.92 Å². The number of carboxylic acids is 1. The molecule has 316 valence electrons. The molecule has 0 saturated carbocycles. The Morgan fingerprint density at radius 1 is 0.724 bits per heavy atom. The Morgan fingerprint density at radius 2 is 1.28 bits per heavy atom. The molecule has 19 heteroatoms. The molecule has 58 heavy (non-hydrogen) atoms. The zero-order valence-corrected chi connectivity index (χ0v) is 32.2. The quantitative estimate of drug-likeness (QED) is 0.0798. The van der Waals surface area contributed by atoms with Gasteiger partial charge in [0.05, 0.1) is 19.4 Å². The molecule has 1 fully saturated rings. The summed E-state index contributed by atoms with van der Waals surface area (Å²) in [6.45, 7) is 1.01. The molecule has 1 aliphatic heterocycles. The van der Waals surface area contributed by atoms with Crippen LogP contribution in [-0.2, 0) is 51.1 Å². The van der Waals surface area contributed by atoms with Crippen molar-refractivity contribution in [1.29, 1.82) is 0 Å². The SMILES string of the molecule is CCCCC[C@@H]1CC(=O)N[C@@H](CO)C(=O)N[C@@H](Cc2ccccc2)C(=O)N[C@@H](Cc2ccc(O)cc2)C(=O)N[C@H](CCCNC(N)=O)C(=O)N[C@@H](CC(=O)O)C(=O)O1. The average molecular weight is 812 g/mol. The van der Waals surface area contributed by atoms with E-state index in [0.29, 0.717) is 24.0 Å². The van der Waals surface area contributed by atoms with Crippen LogP contribution >= 0.6 is 0 Å². The number of rotatable bonds is 15. The summed E-state index contributed by atoms with van der Waals surface area (Å²) in [5, 5.41) is 44.5. The number of cyclic esters (lactones) is 1. The second kappa shape index (κ2) is 23.7. The van der Waals surface area contributed by atoms with Crippen LogP contribution in [0, 0.1) is 0 Å². The maximum atomic E-state index is 14.1. The van der Waals surface area contributed by atoms with Crippen LogP contribution in [0.1, 0.15) is 69.4 Å². The first-order valence-corrected chi connectivity index (χ1v) is 19.1. The number of ether oxygens (including phenoxy) is 1. The number of aromatic hydroxyl groups is 1. The number of primary amides is 1. The number of aliphatic hydroxyl groups is 1. The minimum Gasteiger partial charge on any atom is -0.508 e. The second-order valence-electron chi connectivity index (χ2n) is 13.9. The first-order chi connectivity index (χ1) is 27.7. The lowest BCUT2D eigenvalue weighted by atomic mass is 10.0. The van der Waals surface area contributed by atoms with E-state index in [4.69, 9.17) is 10.5 Å². The number of phenols is 1. The van der Waals surface area contributed by atoms with Crippen molar-refractivity contribution >= 4 is 47.5 Å². The number of carbonyl (C=O) groups excluding carboxylic acids is 7. The molecule has 0 spiro atoms. The third kappa shape index (κ3) is 16.1. The number of benzene rings is 2. The van der Waals surface area contributed by atoms with E-state index in [0.717, 1.165) is 6.42 Å². The van der Waals surface area contributed by atoms with Crippen LogP contribution in [0.15, 0.2) is 54.6 Å².